The normalized spacial score (nSPS) is 22.0. The van der Waals surface area contributed by atoms with Crippen LogP contribution in [-0.2, 0) is 4.43 Å². The Morgan fingerprint density at radius 2 is 1.88 bits per heavy atom. The maximum atomic E-state index is 6.64. The zero-order chi connectivity index (χ0) is 19.1. The average molecular weight is 439 g/mol. The Labute approximate surface area is 166 Å². The van der Waals surface area contributed by atoms with E-state index in [1.165, 1.54) is 0 Å². The minimum absolute atomic E-state index is 0.267. The predicted molar refractivity (Wildman–Crippen MR) is 114 cm³/mol. The second kappa shape index (κ2) is 7.24. The lowest BCUT2D eigenvalue weighted by Crippen LogP contribution is -2.44. The monoisotopic (exact) mass is 438 g/mol. The van der Waals surface area contributed by atoms with Crippen molar-refractivity contribution in [2.24, 2.45) is 0 Å². The molecule has 1 aliphatic rings. The molecule has 0 amide bonds. The molecule has 26 heavy (non-hydrogen) atoms. The molecule has 0 atom stereocenters. The van der Waals surface area contributed by atoms with Crippen molar-refractivity contribution in [1.29, 1.82) is 0 Å². The second-order valence-electron chi connectivity index (χ2n) is 8.88. The second-order valence-corrected chi connectivity index (χ2v) is 14.4. The molecular weight excluding hydrogens is 408 g/mol. The summed E-state index contributed by atoms with van der Waals surface area (Å²) in [4.78, 5) is 4.41. The number of anilines is 1. The van der Waals surface area contributed by atoms with E-state index in [9.17, 15) is 0 Å². The molecule has 144 valence electrons. The summed E-state index contributed by atoms with van der Waals surface area (Å²) in [6.07, 6.45) is 6.73. The van der Waals surface area contributed by atoms with Crippen LogP contribution >= 0.6 is 15.9 Å². The molecule has 3 rings (SSSR count). The molecule has 1 saturated carbocycles. The van der Waals surface area contributed by atoms with Gasteiger partial charge < -0.3 is 9.74 Å². The van der Waals surface area contributed by atoms with Gasteiger partial charge in [-0.1, -0.05) is 20.8 Å². The van der Waals surface area contributed by atoms with Crippen LogP contribution in [0.5, 0.6) is 0 Å². The van der Waals surface area contributed by atoms with Crippen molar-refractivity contribution in [2.75, 3.05) is 12.4 Å². The zero-order valence-electron chi connectivity index (χ0n) is 16.8. The van der Waals surface area contributed by atoms with E-state index in [4.69, 9.17) is 9.52 Å². The summed E-state index contributed by atoms with van der Waals surface area (Å²) in [5, 5.41) is 9.22. The van der Waals surface area contributed by atoms with Crippen molar-refractivity contribution in [2.45, 2.75) is 76.7 Å². The van der Waals surface area contributed by atoms with Crippen LogP contribution in [0.2, 0.25) is 18.1 Å². The highest BCUT2D eigenvalue weighted by Gasteiger charge is 2.40. The van der Waals surface area contributed by atoms with Gasteiger partial charge in [0.05, 0.1) is 16.9 Å². The van der Waals surface area contributed by atoms with Gasteiger partial charge in [0.2, 0.25) is 0 Å². The number of pyridine rings is 1. The molecule has 2 aromatic heterocycles. The Hall–Kier alpha value is -0.923. The molecule has 0 aliphatic heterocycles. The van der Waals surface area contributed by atoms with E-state index in [1.54, 1.807) is 0 Å². The molecule has 2 heterocycles. The fraction of sp³-hybridized carbons (Fsp3) is 0.684. The van der Waals surface area contributed by atoms with Gasteiger partial charge in [-0.15, -0.1) is 0 Å². The first-order valence-electron chi connectivity index (χ1n) is 9.52. The molecule has 1 fully saturated rings. The lowest BCUT2D eigenvalue weighted by atomic mass is 9.93. The van der Waals surface area contributed by atoms with E-state index in [-0.39, 0.29) is 5.04 Å². The third kappa shape index (κ3) is 3.85. The zero-order valence-corrected chi connectivity index (χ0v) is 19.4. The first-order valence-corrected chi connectivity index (χ1v) is 13.2. The summed E-state index contributed by atoms with van der Waals surface area (Å²) < 4.78 is 9.70. The number of fused-ring (bicyclic) bond motifs is 1. The van der Waals surface area contributed by atoms with Crippen LogP contribution in [-0.4, -0.2) is 36.2 Å². The van der Waals surface area contributed by atoms with Crippen molar-refractivity contribution < 1.29 is 4.43 Å². The maximum absolute atomic E-state index is 6.64. The smallest absolute Gasteiger partial charge is 0.192 e. The fourth-order valence-corrected chi connectivity index (χ4v) is 5.31. The fourth-order valence-electron chi connectivity index (χ4n) is 3.41. The molecular formula is C19H31BrN4OSi. The van der Waals surface area contributed by atoms with Crippen molar-refractivity contribution in [3.63, 3.8) is 0 Å². The SMILES string of the molecule is CNc1cc2c(cn1)c(Br)nn2C1CCC(O[Si](C)(C)C(C)(C)C)CC1. The summed E-state index contributed by atoms with van der Waals surface area (Å²) >= 11 is 3.59. The minimum atomic E-state index is -1.69. The Bertz CT molecular complexity index is 776. The van der Waals surface area contributed by atoms with Crippen LogP contribution in [0.25, 0.3) is 10.9 Å². The van der Waals surface area contributed by atoms with Crippen LogP contribution in [0.15, 0.2) is 16.9 Å². The third-order valence-electron chi connectivity index (χ3n) is 6.06. The van der Waals surface area contributed by atoms with Crippen LogP contribution < -0.4 is 5.32 Å². The Kier molecular flexibility index (Phi) is 5.52. The van der Waals surface area contributed by atoms with Gasteiger partial charge in [0.1, 0.15) is 10.4 Å². The average Bonchev–Trinajstić information content (AvgIpc) is 2.90. The van der Waals surface area contributed by atoms with Crippen molar-refractivity contribution in [3.05, 3.63) is 16.9 Å². The number of nitrogens with zero attached hydrogens (tertiary/aromatic N) is 3. The van der Waals surface area contributed by atoms with Gasteiger partial charge in [0.25, 0.3) is 0 Å². The van der Waals surface area contributed by atoms with E-state index in [2.05, 4.69) is 70.8 Å². The van der Waals surface area contributed by atoms with Gasteiger partial charge in [0.15, 0.2) is 8.32 Å². The van der Waals surface area contributed by atoms with E-state index in [1.807, 2.05) is 13.2 Å². The van der Waals surface area contributed by atoms with E-state index >= 15 is 0 Å². The topological polar surface area (TPSA) is 52.0 Å². The highest BCUT2D eigenvalue weighted by Crippen LogP contribution is 2.41. The number of hydrogen-bond donors (Lipinski definition) is 1. The summed E-state index contributed by atoms with van der Waals surface area (Å²) in [6, 6.07) is 2.51. The van der Waals surface area contributed by atoms with E-state index in [0.717, 1.165) is 47.0 Å². The highest BCUT2D eigenvalue weighted by atomic mass is 79.9. The van der Waals surface area contributed by atoms with Crippen molar-refractivity contribution in [1.82, 2.24) is 14.8 Å². The number of aromatic nitrogens is 3. The van der Waals surface area contributed by atoms with E-state index in [0.29, 0.717) is 12.1 Å². The first kappa shape index (κ1) is 19.8. The molecule has 0 aromatic carbocycles. The first-order chi connectivity index (χ1) is 12.1. The quantitative estimate of drug-likeness (QED) is 0.617. The van der Waals surface area contributed by atoms with Gasteiger partial charge in [-0.3, -0.25) is 4.68 Å². The molecule has 0 radical (unpaired) electrons. The highest BCUT2D eigenvalue weighted by molar-refractivity contribution is 9.10. The van der Waals surface area contributed by atoms with Gasteiger partial charge in [-0.25, -0.2) is 4.98 Å². The molecule has 0 unspecified atom stereocenters. The van der Waals surface area contributed by atoms with Gasteiger partial charge in [-0.2, -0.15) is 5.10 Å². The lowest BCUT2D eigenvalue weighted by Gasteiger charge is -2.41. The molecule has 7 heteroatoms. The number of hydrogen-bond acceptors (Lipinski definition) is 4. The Morgan fingerprint density at radius 1 is 1.23 bits per heavy atom. The van der Waals surface area contributed by atoms with E-state index < -0.39 is 8.32 Å². The maximum Gasteiger partial charge on any atom is 0.192 e. The summed E-state index contributed by atoms with van der Waals surface area (Å²) in [7, 11) is 0.204. The third-order valence-corrected chi connectivity index (χ3v) is 11.2. The molecule has 1 aliphatic carbocycles. The summed E-state index contributed by atoms with van der Waals surface area (Å²) in [6.45, 7) is 11.6. The molecule has 0 spiro atoms. The van der Waals surface area contributed by atoms with Crippen LogP contribution in [0.3, 0.4) is 0 Å². The van der Waals surface area contributed by atoms with Crippen LogP contribution in [0.4, 0.5) is 5.82 Å². The molecule has 1 N–H and O–H groups in total. The predicted octanol–water partition coefficient (Wildman–Crippen LogP) is 5.74. The Balaban J connectivity index is 1.73. The largest absolute Gasteiger partial charge is 0.414 e. The number of rotatable bonds is 4. The number of nitrogens with one attached hydrogen (secondary N) is 1. The summed E-state index contributed by atoms with van der Waals surface area (Å²) in [5.41, 5.74) is 1.14. The molecule has 5 nitrogen and oxygen atoms in total. The van der Waals surface area contributed by atoms with Crippen LogP contribution in [0, 0.1) is 0 Å². The molecule has 0 bridgehead atoms. The minimum Gasteiger partial charge on any atom is -0.414 e. The van der Waals surface area contributed by atoms with Gasteiger partial charge in [-0.05, 0) is 59.7 Å². The van der Waals surface area contributed by atoms with Gasteiger partial charge in [0, 0.05) is 25.4 Å². The molecule has 0 saturated heterocycles. The standard InChI is InChI=1S/C19H31BrN4OSi/c1-19(2,3)26(5,6)25-14-9-7-13(8-10-14)24-16-11-17(21-4)22-12-15(16)18(20)23-24/h11-14H,7-10H2,1-6H3,(H,21,22). The van der Waals surface area contributed by atoms with Crippen molar-refractivity contribution in [3.8, 4) is 0 Å². The summed E-state index contributed by atoms with van der Waals surface area (Å²) in [5.74, 6) is 0.876. The van der Waals surface area contributed by atoms with Gasteiger partial charge >= 0.3 is 0 Å². The lowest BCUT2D eigenvalue weighted by molar-refractivity contribution is 0.116. The van der Waals surface area contributed by atoms with Crippen molar-refractivity contribution >= 4 is 41.0 Å². The van der Waals surface area contributed by atoms with Crippen LogP contribution in [0.1, 0.15) is 52.5 Å². The molecule has 2 aromatic rings. The Morgan fingerprint density at radius 3 is 2.46 bits per heavy atom. The number of halogens is 1.